The quantitative estimate of drug-likeness (QED) is 0.474. The number of primary amides is 1. The van der Waals surface area contributed by atoms with Gasteiger partial charge in [0.1, 0.15) is 34.6 Å². The van der Waals surface area contributed by atoms with E-state index in [1.165, 1.54) is 18.2 Å². The second kappa shape index (κ2) is 10.8. The van der Waals surface area contributed by atoms with E-state index in [1.807, 2.05) is 18.2 Å². The lowest BCUT2D eigenvalue weighted by molar-refractivity contribution is 0.0995. The van der Waals surface area contributed by atoms with Crippen molar-refractivity contribution in [3.63, 3.8) is 0 Å². The Kier molecular flexibility index (Phi) is 7.37. The molecule has 9 heteroatoms. The zero-order valence-corrected chi connectivity index (χ0v) is 19.3. The van der Waals surface area contributed by atoms with E-state index in [9.17, 15) is 9.18 Å². The molecule has 1 heterocycles. The van der Waals surface area contributed by atoms with Gasteiger partial charge in [-0.2, -0.15) is 0 Å². The van der Waals surface area contributed by atoms with E-state index in [0.717, 1.165) is 5.76 Å². The maximum atomic E-state index is 13.1. The van der Waals surface area contributed by atoms with Crippen LogP contribution in [0.3, 0.4) is 0 Å². The van der Waals surface area contributed by atoms with Crippen molar-refractivity contribution in [2.45, 2.75) is 6.10 Å². The second-order valence-electron chi connectivity index (χ2n) is 7.78. The van der Waals surface area contributed by atoms with Crippen LogP contribution in [0.5, 0.6) is 11.5 Å². The Labute approximate surface area is 202 Å². The highest BCUT2D eigenvalue weighted by Gasteiger charge is 2.21. The molecule has 3 aromatic rings. The highest BCUT2D eigenvalue weighted by atomic mass is 19.1. The summed E-state index contributed by atoms with van der Waals surface area (Å²) in [4.78, 5) is 20.8. The Balaban J connectivity index is 1.51. The second-order valence-corrected chi connectivity index (χ2v) is 7.78. The molecule has 2 atom stereocenters. The van der Waals surface area contributed by atoms with Gasteiger partial charge in [-0.25, -0.2) is 14.4 Å². The van der Waals surface area contributed by atoms with Crippen molar-refractivity contribution in [2.75, 3.05) is 26.1 Å². The standard InChI is InChI=1S/C26H25FN4O4/c1-33-21-10-5-17(23(13-21)34-2)15-29-24-14-22(25(28)32)30-26(31-24)16-3-8-19(9-4-16)35-20-11-6-18(27)7-12-20/h3-14,17,23H,15H2,1-2H3,(H2,28,32)(H,29,30,31). The number of carbonyl (C=O) groups is 1. The highest BCUT2D eigenvalue weighted by Crippen LogP contribution is 2.26. The van der Waals surface area contributed by atoms with Crippen LogP contribution in [0, 0.1) is 11.7 Å². The molecule has 1 aromatic heterocycles. The van der Waals surface area contributed by atoms with E-state index in [2.05, 4.69) is 15.3 Å². The molecule has 35 heavy (non-hydrogen) atoms. The molecule has 2 unspecified atom stereocenters. The average molecular weight is 477 g/mol. The van der Waals surface area contributed by atoms with E-state index >= 15 is 0 Å². The van der Waals surface area contributed by atoms with Crippen molar-refractivity contribution in [3.05, 3.63) is 90.1 Å². The van der Waals surface area contributed by atoms with E-state index in [1.54, 1.807) is 50.6 Å². The van der Waals surface area contributed by atoms with Gasteiger partial charge in [0.2, 0.25) is 0 Å². The Hall–Kier alpha value is -4.24. The van der Waals surface area contributed by atoms with Crippen molar-refractivity contribution >= 4 is 11.7 Å². The fraction of sp³-hybridized carbons (Fsp3) is 0.192. The Morgan fingerprint density at radius 1 is 1.06 bits per heavy atom. The van der Waals surface area contributed by atoms with Crippen LogP contribution in [0.4, 0.5) is 10.2 Å². The molecule has 0 saturated heterocycles. The van der Waals surface area contributed by atoms with Gasteiger partial charge in [-0.1, -0.05) is 6.08 Å². The van der Waals surface area contributed by atoms with Crippen LogP contribution in [-0.4, -0.2) is 42.7 Å². The number of rotatable bonds is 9. The molecular weight excluding hydrogens is 451 g/mol. The zero-order chi connectivity index (χ0) is 24.8. The van der Waals surface area contributed by atoms with Crippen molar-refractivity contribution in [1.82, 2.24) is 9.97 Å². The fourth-order valence-electron chi connectivity index (χ4n) is 3.56. The summed E-state index contributed by atoms with van der Waals surface area (Å²) in [5.41, 5.74) is 6.27. The van der Waals surface area contributed by atoms with Crippen LogP contribution in [0.25, 0.3) is 11.4 Å². The third-order valence-electron chi connectivity index (χ3n) is 5.43. The van der Waals surface area contributed by atoms with Crippen molar-refractivity contribution < 1.29 is 23.4 Å². The molecule has 3 N–H and O–H groups in total. The summed E-state index contributed by atoms with van der Waals surface area (Å²) in [6.45, 7) is 0.502. The SMILES string of the molecule is COC1=CC(OC)C(CNc2cc(C(N)=O)nc(-c3ccc(Oc4ccc(F)cc4)cc3)n2)C=C1. The number of allylic oxidation sites excluding steroid dienone is 1. The molecule has 0 fully saturated rings. The van der Waals surface area contributed by atoms with Gasteiger partial charge in [-0.3, -0.25) is 4.79 Å². The molecule has 4 rings (SSSR count). The third kappa shape index (κ3) is 6.01. The lowest BCUT2D eigenvalue weighted by Gasteiger charge is -2.25. The number of benzene rings is 2. The molecule has 0 aliphatic heterocycles. The number of methoxy groups -OCH3 is 2. The lowest BCUT2D eigenvalue weighted by Crippen LogP contribution is -2.28. The summed E-state index contributed by atoms with van der Waals surface area (Å²) < 4.78 is 29.6. The number of hydrogen-bond acceptors (Lipinski definition) is 7. The van der Waals surface area contributed by atoms with Crippen LogP contribution in [0.15, 0.2) is 78.6 Å². The number of aromatic nitrogens is 2. The topological polar surface area (TPSA) is 109 Å². The number of anilines is 1. The summed E-state index contributed by atoms with van der Waals surface area (Å²) in [6.07, 6.45) is 5.62. The van der Waals surface area contributed by atoms with Crippen molar-refractivity contribution in [1.29, 1.82) is 0 Å². The highest BCUT2D eigenvalue weighted by molar-refractivity contribution is 5.92. The van der Waals surface area contributed by atoms with E-state index in [4.69, 9.17) is 19.9 Å². The summed E-state index contributed by atoms with van der Waals surface area (Å²) in [7, 11) is 3.24. The number of nitrogens with two attached hydrogens (primary N) is 1. The molecule has 0 bridgehead atoms. The number of ether oxygens (including phenoxy) is 3. The number of amides is 1. The first kappa shape index (κ1) is 23.9. The molecule has 1 aliphatic rings. The average Bonchev–Trinajstić information content (AvgIpc) is 2.89. The minimum atomic E-state index is -0.659. The Bertz CT molecular complexity index is 1240. The van der Waals surface area contributed by atoms with Gasteiger partial charge in [0.05, 0.1) is 13.2 Å². The molecule has 180 valence electrons. The Morgan fingerprint density at radius 2 is 1.74 bits per heavy atom. The third-order valence-corrected chi connectivity index (χ3v) is 5.43. The van der Waals surface area contributed by atoms with Gasteiger partial charge in [0, 0.05) is 31.2 Å². The van der Waals surface area contributed by atoms with Gasteiger partial charge < -0.3 is 25.3 Å². The van der Waals surface area contributed by atoms with Gasteiger partial charge >= 0.3 is 0 Å². The first-order valence-corrected chi connectivity index (χ1v) is 10.9. The molecule has 2 aromatic carbocycles. The van der Waals surface area contributed by atoms with Crippen molar-refractivity contribution in [2.24, 2.45) is 11.7 Å². The van der Waals surface area contributed by atoms with E-state index in [0.29, 0.717) is 35.2 Å². The van der Waals surface area contributed by atoms with E-state index in [-0.39, 0.29) is 23.5 Å². The predicted molar refractivity (Wildman–Crippen MR) is 129 cm³/mol. The number of halogens is 1. The lowest BCUT2D eigenvalue weighted by atomic mass is 9.96. The van der Waals surface area contributed by atoms with Crippen LogP contribution in [0.1, 0.15) is 10.5 Å². The first-order chi connectivity index (χ1) is 16.9. The van der Waals surface area contributed by atoms with Gasteiger partial charge in [-0.15, -0.1) is 0 Å². The number of hydrogen-bond donors (Lipinski definition) is 2. The molecular formula is C26H25FN4O4. The summed E-state index contributed by atoms with van der Waals surface area (Å²) in [6, 6.07) is 14.3. The maximum absolute atomic E-state index is 13.1. The predicted octanol–water partition coefficient (Wildman–Crippen LogP) is 4.32. The van der Waals surface area contributed by atoms with Crippen LogP contribution in [-0.2, 0) is 9.47 Å². The normalized spacial score (nSPS) is 16.9. The van der Waals surface area contributed by atoms with Crippen molar-refractivity contribution in [3.8, 4) is 22.9 Å². The Morgan fingerprint density at radius 3 is 2.37 bits per heavy atom. The molecule has 1 amide bonds. The molecule has 0 spiro atoms. The van der Waals surface area contributed by atoms with Crippen LogP contribution < -0.4 is 15.8 Å². The monoisotopic (exact) mass is 476 g/mol. The minimum absolute atomic E-state index is 0.0252. The number of nitrogens with one attached hydrogen (secondary N) is 1. The van der Waals surface area contributed by atoms with Crippen LogP contribution in [0.2, 0.25) is 0 Å². The molecule has 0 radical (unpaired) electrons. The van der Waals surface area contributed by atoms with E-state index < -0.39 is 5.91 Å². The summed E-state index contributed by atoms with van der Waals surface area (Å²) in [5, 5.41) is 3.25. The summed E-state index contributed by atoms with van der Waals surface area (Å²) >= 11 is 0. The molecule has 8 nitrogen and oxygen atoms in total. The zero-order valence-electron chi connectivity index (χ0n) is 19.3. The largest absolute Gasteiger partial charge is 0.497 e. The minimum Gasteiger partial charge on any atom is -0.497 e. The maximum Gasteiger partial charge on any atom is 0.267 e. The molecule has 1 aliphatic carbocycles. The smallest absolute Gasteiger partial charge is 0.267 e. The number of nitrogens with zero attached hydrogens (tertiary/aromatic N) is 2. The van der Waals surface area contributed by atoms with Gasteiger partial charge in [-0.05, 0) is 60.7 Å². The number of carbonyl (C=O) groups excluding carboxylic acids is 1. The van der Waals surface area contributed by atoms with Gasteiger partial charge in [0.25, 0.3) is 5.91 Å². The van der Waals surface area contributed by atoms with Gasteiger partial charge in [0.15, 0.2) is 5.82 Å². The fourth-order valence-corrected chi connectivity index (χ4v) is 3.56. The van der Waals surface area contributed by atoms with Crippen LogP contribution >= 0.6 is 0 Å². The first-order valence-electron chi connectivity index (χ1n) is 10.9. The molecule has 0 saturated carbocycles. The summed E-state index contributed by atoms with van der Waals surface area (Å²) in [5.74, 6) is 1.63.